The molecular formula is C44H56O6Si. The zero-order valence-electron chi connectivity index (χ0n) is 31.0. The summed E-state index contributed by atoms with van der Waals surface area (Å²) in [5.41, 5.74) is 4.36. The molecule has 0 radical (unpaired) electrons. The quantitative estimate of drug-likeness (QED) is 0.0758. The minimum absolute atomic E-state index is 0.148. The second-order valence-electron chi connectivity index (χ2n) is 14.8. The topological polar surface area (TPSA) is 55.4 Å². The van der Waals surface area contributed by atoms with Crippen molar-refractivity contribution >= 4 is 8.32 Å². The van der Waals surface area contributed by atoms with Gasteiger partial charge < -0.3 is 28.1 Å². The number of rotatable bonds is 18. The van der Waals surface area contributed by atoms with Crippen molar-refractivity contribution in [3.05, 3.63) is 156 Å². The standard InChI is InChI=1S/C44H56O6Si/c1-44(2,3)51(4,5)49-29-19-18-28-39-41(46-31-36-22-12-7-13-23-36)43(48-33-38-26-16-9-17-27-38)42(47-32-37-24-14-8-15-25-37)40(50-39)34-45-30-35-20-10-6-11-21-35/h6-27,39-43H,28-34H2,1-5H3/b19-18+/t39-,40-,41+,42-,43-/m1/s1. The predicted molar refractivity (Wildman–Crippen MR) is 207 cm³/mol. The van der Waals surface area contributed by atoms with Gasteiger partial charge in [0.1, 0.15) is 24.4 Å². The fraction of sp³-hybridized carbons (Fsp3) is 0.409. The van der Waals surface area contributed by atoms with Crippen LogP contribution < -0.4 is 0 Å². The van der Waals surface area contributed by atoms with Crippen molar-refractivity contribution in [3.63, 3.8) is 0 Å². The summed E-state index contributed by atoms with van der Waals surface area (Å²) in [5.74, 6) is 0. The van der Waals surface area contributed by atoms with Gasteiger partial charge in [-0.05, 0) is 46.8 Å². The van der Waals surface area contributed by atoms with Crippen molar-refractivity contribution in [1.82, 2.24) is 0 Å². The van der Waals surface area contributed by atoms with Crippen LogP contribution in [0.25, 0.3) is 0 Å². The predicted octanol–water partition coefficient (Wildman–Crippen LogP) is 9.69. The van der Waals surface area contributed by atoms with Crippen LogP contribution in [0.3, 0.4) is 0 Å². The van der Waals surface area contributed by atoms with Gasteiger partial charge in [0, 0.05) is 0 Å². The molecule has 5 atom stereocenters. The lowest BCUT2D eigenvalue weighted by molar-refractivity contribution is -0.271. The fourth-order valence-corrected chi connectivity index (χ4v) is 6.79. The van der Waals surface area contributed by atoms with Crippen LogP contribution in [0.5, 0.6) is 0 Å². The summed E-state index contributed by atoms with van der Waals surface area (Å²) >= 11 is 0. The van der Waals surface area contributed by atoms with Gasteiger partial charge in [-0.25, -0.2) is 0 Å². The highest BCUT2D eigenvalue weighted by atomic mass is 28.4. The van der Waals surface area contributed by atoms with Gasteiger partial charge in [0.05, 0.1) is 45.7 Å². The molecule has 1 heterocycles. The maximum Gasteiger partial charge on any atom is 0.192 e. The first kappa shape index (κ1) is 38.8. The molecule has 7 heteroatoms. The molecule has 0 spiro atoms. The largest absolute Gasteiger partial charge is 0.413 e. The molecule has 1 aliphatic heterocycles. The Morgan fingerprint density at radius 1 is 0.549 bits per heavy atom. The molecular weight excluding hydrogens is 653 g/mol. The lowest BCUT2D eigenvalue weighted by Crippen LogP contribution is -2.61. The molecule has 51 heavy (non-hydrogen) atoms. The van der Waals surface area contributed by atoms with Crippen molar-refractivity contribution in [2.24, 2.45) is 0 Å². The van der Waals surface area contributed by atoms with E-state index in [0.717, 1.165) is 22.3 Å². The van der Waals surface area contributed by atoms with E-state index >= 15 is 0 Å². The van der Waals surface area contributed by atoms with E-state index in [1.54, 1.807) is 0 Å². The van der Waals surface area contributed by atoms with Gasteiger partial charge in [0.15, 0.2) is 8.32 Å². The van der Waals surface area contributed by atoms with E-state index in [-0.39, 0.29) is 11.1 Å². The molecule has 0 saturated carbocycles. The van der Waals surface area contributed by atoms with E-state index in [0.29, 0.717) is 46.1 Å². The molecule has 0 bridgehead atoms. The lowest BCUT2D eigenvalue weighted by atomic mass is 9.92. The van der Waals surface area contributed by atoms with Crippen molar-refractivity contribution in [2.45, 2.75) is 102 Å². The monoisotopic (exact) mass is 708 g/mol. The van der Waals surface area contributed by atoms with Crippen molar-refractivity contribution in [2.75, 3.05) is 13.2 Å². The van der Waals surface area contributed by atoms with Gasteiger partial charge in [0.25, 0.3) is 0 Å². The van der Waals surface area contributed by atoms with Gasteiger partial charge in [-0.1, -0.05) is 154 Å². The van der Waals surface area contributed by atoms with Crippen LogP contribution in [0.1, 0.15) is 49.4 Å². The summed E-state index contributed by atoms with van der Waals surface area (Å²) < 4.78 is 40.2. The summed E-state index contributed by atoms with van der Waals surface area (Å²) in [6.07, 6.45) is 2.93. The molecule has 0 aliphatic carbocycles. The maximum atomic E-state index is 6.97. The van der Waals surface area contributed by atoms with Gasteiger partial charge in [0.2, 0.25) is 0 Å². The Hall–Kier alpha value is -3.40. The third-order valence-electron chi connectivity index (χ3n) is 9.86. The Balaban J connectivity index is 1.42. The van der Waals surface area contributed by atoms with Gasteiger partial charge in [-0.15, -0.1) is 0 Å². The molecule has 0 unspecified atom stereocenters. The molecule has 1 fully saturated rings. The van der Waals surface area contributed by atoms with Crippen LogP contribution in [0.2, 0.25) is 18.1 Å². The van der Waals surface area contributed by atoms with Crippen molar-refractivity contribution in [3.8, 4) is 0 Å². The van der Waals surface area contributed by atoms with E-state index < -0.39 is 32.7 Å². The van der Waals surface area contributed by atoms with Gasteiger partial charge in [-0.2, -0.15) is 0 Å². The van der Waals surface area contributed by atoms with Crippen LogP contribution in [-0.2, 0) is 54.5 Å². The molecule has 4 aromatic rings. The van der Waals surface area contributed by atoms with E-state index in [1.807, 2.05) is 72.8 Å². The molecule has 0 aromatic heterocycles. The van der Waals surface area contributed by atoms with Crippen LogP contribution in [0.15, 0.2) is 133 Å². The Labute approximate surface area is 306 Å². The smallest absolute Gasteiger partial charge is 0.192 e. The van der Waals surface area contributed by atoms with E-state index in [9.17, 15) is 0 Å². The highest BCUT2D eigenvalue weighted by Crippen LogP contribution is 2.37. The van der Waals surface area contributed by atoms with E-state index in [2.05, 4.69) is 94.5 Å². The second kappa shape index (κ2) is 19.4. The normalized spacial score (nSPS) is 21.2. The first-order valence-corrected chi connectivity index (χ1v) is 21.1. The number of ether oxygens (including phenoxy) is 5. The van der Waals surface area contributed by atoms with Crippen LogP contribution in [0.4, 0.5) is 0 Å². The van der Waals surface area contributed by atoms with Crippen molar-refractivity contribution < 1.29 is 28.1 Å². The molecule has 1 saturated heterocycles. The third-order valence-corrected chi connectivity index (χ3v) is 14.4. The SMILES string of the molecule is CC(C)(C)[Si](C)(C)OC/C=C/C[C@H]1O[C@H](COCc2ccccc2)[C@@H](OCc2ccccc2)[C@H](OCc2ccccc2)[C@H]1OCc1ccccc1. The minimum atomic E-state index is -1.87. The molecule has 4 aromatic carbocycles. The highest BCUT2D eigenvalue weighted by Gasteiger charge is 2.48. The number of hydrogen-bond acceptors (Lipinski definition) is 6. The summed E-state index contributed by atoms with van der Waals surface area (Å²) in [4.78, 5) is 0. The second-order valence-corrected chi connectivity index (χ2v) is 19.6. The fourth-order valence-electron chi connectivity index (χ4n) is 5.85. The van der Waals surface area contributed by atoms with Crippen LogP contribution in [-0.4, -0.2) is 52.1 Å². The average Bonchev–Trinajstić information content (AvgIpc) is 3.14. The van der Waals surface area contributed by atoms with Gasteiger partial charge >= 0.3 is 0 Å². The Kier molecular flexibility index (Phi) is 14.8. The maximum absolute atomic E-state index is 6.97. The first-order valence-electron chi connectivity index (χ1n) is 18.2. The zero-order valence-corrected chi connectivity index (χ0v) is 32.0. The number of benzene rings is 4. The Bertz CT molecular complexity index is 1560. The van der Waals surface area contributed by atoms with Crippen molar-refractivity contribution in [1.29, 1.82) is 0 Å². The molecule has 0 N–H and O–H groups in total. The highest BCUT2D eigenvalue weighted by molar-refractivity contribution is 6.74. The summed E-state index contributed by atoms with van der Waals surface area (Å²) in [5, 5.41) is 0.148. The first-order chi connectivity index (χ1) is 24.7. The molecule has 272 valence electrons. The summed E-state index contributed by atoms with van der Waals surface area (Å²) in [6, 6.07) is 41.0. The van der Waals surface area contributed by atoms with E-state index in [1.165, 1.54) is 0 Å². The van der Waals surface area contributed by atoms with E-state index in [4.69, 9.17) is 28.1 Å². The Morgan fingerprint density at radius 2 is 0.961 bits per heavy atom. The van der Waals surface area contributed by atoms with Crippen LogP contribution in [0, 0.1) is 0 Å². The third kappa shape index (κ3) is 12.1. The Morgan fingerprint density at radius 3 is 1.41 bits per heavy atom. The lowest BCUT2D eigenvalue weighted by Gasteiger charge is -2.46. The average molecular weight is 709 g/mol. The molecule has 6 nitrogen and oxygen atoms in total. The zero-order chi connectivity index (χ0) is 35.9. The molecule has 0 amide bonds. The summed E-state index contributed by atoms with van der Waals surface area (Å²) in [7, 11) is -1.87. The van der Waals surface area contributed by atoms with Crippen LogP contribution >= 0.6 is 0 Å². The minimum Gasteiger partial charge on any atom is -0.413 e. The summed E-state index contributed by atoms with van der Waals surface area (Å²) in [6.45, 7) is 14.0. The molecule has 1 aliphatic rings. The molecule has 5 rings (SSSR count). The van der Waals surface area contributed by atoms with Gasteiger partial charge in [-0.3, -0.25) is 0 Å². The number of hydrogen-bond donors (Lipinski definition) is 0.